The van der Waals surface area contributed by atoms with Crippen LogP contribution in [0.1, 0.15) is 18.1 Å². The monoisotopic (exact) mass is 405 g/mol. The summed E-state index contributed by atoms with van der Waals surface area (Å²) in [5.74, 6) is -0.994. The van der Waals surface area contributed by atoms with Crippen LogP contribution >= 0.6 is 15.9 Å². The molecule has 2 rings (SSSR count). The maximum atomic E-state index is 12.1. The Balaban J connectivity index is 2.08. The number of carboxylic acids is 1. The number of benzene rings is 2. The Hall–Kier alpha value is -2.80. The van der Waals surface area contributed by atoms with E-state index in [0.717, 1.165) is 10.5 Å². The number of hydrogen-bond acceptors (Lipinski definition) is 4. The first kappa shape index (κ1) is 18.5. The molecule has 2 aromatic carbocycles. The molecule has 0 saturated heterocycles. The van der Waals surface area contributed by atoms with Crippen molar-refractivity contribution >= 4 is 33.7 Å². The molecule has 0 heterocycles. The number of halogens is 1. The van der Waals surface area contributed by atoms with Gasteiger partial charge in [0, 0.05) is 22.7 Å². The number of aliphatic carboxylic acids is 1. The van der Waals surface area contributed by atoms with Crippen LogP contribution in [0, 0.1) is 0 Å². The van der Waals surface area contributed by atoms with Crippen LogP contribution in [0.25, 0.3) is 0 Å². The SMILES string of the molecule is O=C(O)/C=C/C[C@H](OC(=O)Nc1ccc(Br)cc1)c1ccc(O)cc1. The molecule has 0 saturated carbocycles. The number of carbonyl (C=O) groups excluding carboxylic acids is 1. The van der Waals surface area contributed by atoms with Crippen LogP contribution in [0.15, 0.2) is 65.2 Å². The van der Waals surface area contributed by atoms with Crippen LogP contribution in [-0.4, -0.2) is 22.3 Å². The molecule has 0 spiro atoms. The number of aromatic hydroxyl groups is 1. The second-order valence-corrected chi connectivity index (χ2v) is 6.01. The number of amides is 1. The molecule has 0 aliphatic carbocycles. The highest BCUT2D eigenvalue weighted by Crippen LogP contribution is 2.25. The van der Waals surface area contributed by atoms with Crippen LogP contribution in [0.4, 0.5) is 10.5 Å². The standard InChI is InChI=1S/C18H16BrNO5/c19-13-6-8-14(9-7-13)20-18(24)25-16(2-1-3-17(22)23)12-4-10-15(21)11-5-12/h1,3-11,16,21H,2H2,(H,20,24)(H,22,23)/b3-1+/t16-/m0/s1. The zero-order valence-corrected chi connectivity index (χ0v) is 14.6. The third kappa shape index (κ3) is 6.31. The summed E-state index contributed by atoms with van der Waals surface area (Å²) in [5, 5.41) is 20.7. The van der Waals surface area contributed by atoms with Gasteiger partial charge < -0.3 is 14.9 Å². The highest BCUT2D eigenvalue weighted by atomic mass is 79.9. The van der Waals surface area contributed by atoms with Crippen LogP contribution in [0.2, 0.25) is 0 Å². The van der Waals surface area contributed by atoms with Crippen LogP contribution in [-0.2, 0) is 9.53 Å². The van der Waals surface area contributed by atoms with Gasteiger partial charge in [0.2, 0.25) is 0 Å². The van der Waals surface area contributed by atoms with Gasteiger partial charge in [-0.1, -0.05) is 34.1 Å². The lowest BCUT2D eigenvalue weighted by Crippen LogP contribution is -2.17. The van der Waals surface area contributed by atoms with E-state index in [-0.39, 0.29) is 12.2 Å². The first-order valence-corrected chi connectivity index (χ1v) is 8.15. The zero-order chi connectivity index (χ0) is 18.2. The van der Waals surface area contributed by atoms with E-state index < -0.39 is 18.2 Å². The van der Waals surface area contributed by atoms with Gasteiger partial charge in [0.15, 0.2) is 0 Å². The molecule has 0 fully saturated rings. The van der Waals surface area contributed by atoms with Gasteiger partial charge in [0.25, 0.3) is 0 Å². The summed E-state index contributed by atoms with van der Waals surface area (Å²) in [4.78, 5) is 22.7. The van der Waals surface area contributed by atoms with Gasteiger partial charge in [-0.05, 0) is 42.0 Å². The minimum Gasteiger partial charge on any atom is -0.508 e. The van der Waals surface area contributed by atoms with E-state index >= 15 is 0 Å². The Morgan fingerprint density at radius 2 is 1.76 bits per heavy atom. The second-order valence-electron chi connectivity index (χ2n) is 5.09. The van der Waals surface area contributed by atoms with Crippen LogP contribution in [0.3, 0.4) is 0 Å². The van der Waals surface area contributed by atoms with Crippen LogP contribution in [0.5, 0.6) is 5.75 Å². The average molecular weight is 406 g/mol. The fourth-order valence-corrected chi connectivity index (χ4v) is 2.31. The molecular weight excluding hydrogens is 390 g/mol. The summed E-state index contributed by atoms with van der Waals surface area (Å²) in [5.41, 5.74) is 1.21. The molecule has 25 heavy (non-hydrogen) atoms. The Morgan fingerprint density at radius 1 is 1.12 bits per heavy atom. The highest BCUT2D eigenvalue weighted by Gasteiger charge is 2.16. The largest absolute Gasteiger partial charge is 0.508 e. The second kappa shape index (κ2) is 8.89. The zero-order valence-electron chi connectivity index (χ0n) is 13.1. The number of rotatable bonds is 6. The van der Waals surface area contributed by atoms with E-state index in [2.05, 4.69) is 21.2 Å². The lowest BCUT2D eigenvalue weighted by atomic mass is 10.1. The Bertz CT molecular complexity index is 756. The van der Waals surface area contributed by atoms with Crippen molar-refractivity contribution in [2.24, 2.45) is 0 Å². The molecule has 6 nitrogen and oxygen atoms in total. The van der Waals surface area contributed by atoms with Crippen molar-refractivity contribution in [3.63, 3.8) is 0 Å². The van der Waals surface area contributed by atoms with Gasteiger partial charge in [0.1, 0.15) is 11.9 Å². The fourth-order valence-electron chi connectivity index (χ4n) is 2.04. The Labute approximate surface area is 152 Å². The van der Waals surface area contributed by atoms with Crippen molar-refractivity contribution in [1.29, 1.82) is 0 Å². The molecule has 0 aliphatic rings. The molecule has 3 N–H and O–H groups in total. The molecular formula is C18H16BrNO5. The first-order valence-electron chi connectivity index (χ1n) is 7.35. The summed E-state index contributed by atoms with van der Waals surface area (Å²) in [6.45, 7) is 0. The third-order valence-electron chi connectivity index (χ3n) is 3.22. The first-order chi connectivity index (χ1) is 11.9. The number of ether oxygens (including phenoxy) is 1. The number of nitrogens with one attached hydrogen (secondary N) is 1. The summed E-state index contributed by atoms with van der Waals surface area (Å²) in [6, 6.07) is 13.2. The van der Waals surface area contributed by atoms with Gasteiger partial charge >= 0.3 is 12.1 Å². The van der Waals surface area contributed by atoms with E-state index in [9.17, 15) is 14.7 Å². The molecule has 1 amide bonds. The number of carboxylic acid groups (broad SMARTS) is 1. The molecule has 0 aromatic heterocycles. The Morgan fingerprint density at radius 3 is 2.36 bits per heavy atom. The molecule has 0 unspecified atom stereocenters. The highest BCUT2D eigenvalue weighted by molar-refractivity contribution is 9.10. The minimum absolute atomic E-state index is 0.0860. The lowest BCUT2D eigenvalue weighted by molar-refractivity contribution is -0.131. The van der Waals surface area contributed by atoms with E-state index in [4.69, 9.17) is 9.84 Å². The van der Waals surface area contributed by atoms with Crippen molar-refractivity contribution in [2.75, 3.05) is 5.32 Å². The van der Waals surface area contributed by atoms with E-state index in [0.29, 0.717) is 11.3 Å². The van der Waals surface area contributed by atoms with E-state index in [1.807, 2.05) is 0 Å². The van der Waals surface area contributed by atoms with Crippen molar-refractivity contribution in [3.8, 4) is 5.75 Å². The van der Waals surface area contributed by atoms with Crippen LogP contribution < -0.4 is 5.32 Å². The van der Waals surface area contributed by atoms with Gasteiger partial charge in [-0.3, -0.25) is 5.32 Å². The van der Waals surface area contributed by atoms with Gasteiger partial charge in [0.05, 0.1) is 0 Å². The number of phenols is 1. The number of anilines is 1. The normalized spacial score (nSPS) is 11.9. The lowest BCUT2D eigenvalue weighted by Gasteiger charge is -2.17. The van der Waals surface area contributed by atoms with Crippen molar-refractivity contribution in [2.45, 2.75) is 12.5 Å². The number of hydrogen-bond donors (Lipinski definition) is 3. The third-order valence-corrected chi connectivity index (χ3v) is 3.74. The molecule has 1 atom stereocenters. The van der Waals surface area contributed by atoms with Crippen molar-refractivity contribution in [1.82, 2.24) is 0 Å². The summed E-state index contributed by atoms with van der Waals surface area (Å²) in [6.07, 6.45) is 1.23. The number of carbonyl (C=O) groups is 2. The van der Waals surface area contributed by atoms with Crippen molar-refractivity contribution in [3.05, 3.63) is 70.7 Å². The molecule has 0 radical (unpaired) electrons. The fraction of sp³-hybridized carbons (Fsp3) is 0.111. The van der Waals surface area contributed by atoms with Crippen molar-refractivity contribution < 1.29 is 24.5 Å². The summed E-state index contributed by atoms with van der Waals surface area (Å²) < 4.78 is 6.29. The smallest absolute Gasteiger partial charge is 0.412 e. The Kier molecular flexibility index (Phi) is 6.59. The maximum absolute atomic E-state index is 12.1. The predicted octanol–water partition coefficient (Wildman–Crippen LogP) is 4.48. The van der Waals surface area contributed by atoms with E-state index in [1.54, 1.807) is 36.4 Å². The predicted molar refractivity (Wildman–Crippen MR) is 96.5 cm³/mol. The van der Waals surface area contributed by atoms with Gasteiger partial charge in [-0.2, -0.15) is 0 Å². The quantitative estimate of drug-likeness (QED) is 0.615. The summed E-state index contributed by atoms with van der Waals surface area (Å²) >= 11 is 3.31. The van der Waals surface area contributed by atoms with E-state index in [1.165, 1.54) is 18.2 Å². The molecule has 7 heteroatoms. The molecule has 130 valence electrons. The minimum atomic E-state index is -1.08. The molecule has 0 bridgehead atoms. The summed E-state index contributed by atoms with van der Waals surface area (Å²) in [7, 11) is 0. The van der Waals surface area contributed by atoms with Gasteiger partial charge in [-0.25, -0.2) is 9.59 Å². The molecule has 0 aliphatic heterocycles. The van der Waals surface area contributed by atoms with Gasteiger partial charge in [-0.15, -0.1) is 0 Å². The average Bonchev–Trinajstić information content (AvgIpc) is 2.56. The number of phenolic OH excluding ortho intramolecular Hbond substituents is 1. The molecule has 2 aromatic rings. The topological polar surface area (TPSA) is 95.9 Å². The maximum Gasteiger partial charge on any atom is 0.412 e.